The number of thiophene rings is 1. The average Bonchev–Trinajstić information content (AvgIpc) is 3.22. The quantitative estimate of drug-likeness (QED) is 0.370. The third-order valence-electron chi connectivity index (χ3n) is 3.59. The van der Waals surface area contributed by atoms with Crippen LogP contribution in [0.5, 0.6) is 0 Å². The van der Waals surface area contributed by atoms with E-state index in [1.807, 2.05) is 0 Å². The number of anilines is 2. The highest BCUT2D eigenvalue weighted by Gasteiger charge is 2.24. The van der Waals surface area contributed by atoms with Crippen LogP contribution in [0.4, 0.5) is 11.4 Å². The average molecular weight is 664 g/mol. The molecule has 0 aliphatic carbocycles. The Bertz CT molecular complexity index is 1230. The Hall–Kier alpha value is -0.840. The summed E-state index contributed by atoms with van der Waals surface area (Å²) in [4.78, 5) is 0.00521. The summed E-state index contributed by atoms with van der Waals surface area (Å²) < 4.78 is 62.8. The molecule has 0 atom stereocenters. The fourth-order valence-electron chi connectivity index (χ4n) is 2.40. The first-order chi connectivity index (χ1) is 13.0. The molecule has 0 fully saturated rings. The maximum Gasteiger partial charge on any atom is 0.271 e. The zero-order valence-electron chi connectivity index (χ0n) is 14.5. The predicted octanol–water partition coefficient (Wildman–Crippen LogP) is 4.77. The molecule has 0 aliphatic rings. The lowest BCUT2D eigenvalue weighted by atomic mass is 10.3. The Kier molecular flexibility index (Phi) is 6.34. The monoisotopic (exact) mass is 664 g/mol. The van der Waals surface area contributed by atoms with Gasteiger partial charge in [-0.15, -0.1) is 11.3 Å². The Labute approximate surface area is 194 Å². The molecule has 150 valence electrons. The van der Waals surface area contributed by atoms with Gasteiger partial charge in [-0.3, -0.25) is 9.44 Å². The first-order valence-corrected chi connectivity index (χ1v) is 13.7. The summed E-state index contributed by atoms with van der Waals surface area (Å²) in [6.07, 6.45) is 0. The number of sulfonamides is 2. The van der Waals surface area contributed by atoms with Gasteiger partial charge in [0.25, 0.3) is 20.0 Å². The van der Waals surface area contributed by atoms with E-state index in [4.69, 9.17) is 4.42 Å². The second-order valence-electron chi connectivity index (χ2n) is 5.73. The van der Waals surface area contributed by atoms with Crippen LogP contribution in [0.15, 0.2) is 49.2 Å². The predicted molar refractivity (Wildman–Crippen MR) is 126 cm³/mol. The van der Waals surface area contributed by atoms with E-state index in [2.05, 4.69) is 54.6 Å². The van der Waals surface area contributed by atoms with Crippen molar-refractivity contribution in [1.29, 1.82) is 0 Å². The number of hydrogen-bond donors (Lipinski definition) is 2. The van der Waals surface area contributed by atoms with Crippen molar-refractivity contribution >= 4 is 87.9 Å². The molecule has 0 amide bonds. The number of hydrogen-bond acceptors (Lipinski definition) is 6. The smallest absolute Gasteiger partial charge is 0.271 e. The summed E-state index contributed by atoms with van der Waals surface area (Å²) in [5, 5.41) is 1.65. The van der Waals surface area contributed by atoms with Gasteiger partial charge in [0.15, 0.2) is 0 Å². The Morgan fingerprint density at radius 1 is 0.929 bits per heavy atom. The van der Waals surface area contributed by atoms with E-state index in [0.717, 1.165) is 18.5 Å². The van der Waals surface area contributed by atoms with E-state index in [1.54, 1.807) is 37.4 Å². The molecule has 0 saturated heterocycles. The zero-order valence-corrected chi connectivity index (χ0v) is 21.3. The molecular formula is C16H14I2N2O5S3. The van der Waals surface area contributed by atoms with Gasteiger partial charge < -0.3 is 4.42 Å². The Morgan fingerprint density at radius 2 is 1.50 bits per heavy atom. The van der Waals surface area contributed by atoms with Crippen LogP contribution < -0.4 is 9.44 Å². The second-order valence-corrected chi connectivity index (χ2v) is 12.6. The molecule has 0 spiro atoms. The van der Waals surface area contributed by atoms with E-state index in [9.17, 15) is 16.8 Å². The zero-order chi connectivity index (χ0) is 20.7. The molecule has 1 aromatic carbocycles. The first kappa shape index (κ1) is 21.9. The minimum absolute atomic E-state index is 0.00521. The molecule has 0 radical (unpaired) electrons. The highest BCUT2D eigenvalue weighted by molar-refractivity contribution is 14.1. The third-order valence-corrected chi connectivity index (χ3v) is 10.6. The van der Waals surface area contributed by atoms with Crippen LogP contribution >= 0.6 is 56.5 Å². The number of rotatable bonds is 6. The highest BCUT2D eigenvalue weighted by Crippen LogP contribution is 2.33. The fourth-order valence-corrected chi connectivity index (χ4v) is 6.71. The molecular weight excluding hydrogens is 650 g/mol. The molecule has 0 saturated carbocycles. The fraction of sp³-hybridized carbons (Fsp3) is 0.125. The van der Waals surface area contributed by atoms with Crippen molar-refractivity contribution in [2.24, 2.45) is 0 Å². The summed E-state index contributed by atoms with van der Waals surface area (Å²) in [6, 6.07) is 7.69. The number of nitrogens with one attached hydrogen (secondary N) is 2. The minimum atomic E-state index is -3.97. The number of furan rings is 1. The van der Waals surface area contributed by atoms with Gasteiger partial charge in [0, 0.05) is 13.2 Å². The van der Waals surface area contributed by atoms with Gasteiger partial charge in [-0.2, -0.15) is 0 Å². The second kappa shape index (κ2) is 8.12. The summed E-state index contributed by atoms with van der Waals surface area (Å²) in [5.74, 6) is 0.722. The standard InChI is InChI=1S/C16H14I2N2O5S3/c1-9-6-15(10(2)25-9)27(21,22)19-13-7-11(17)12(18)8-14(13)20-28(23,24)16-4-3-5-26-16/h3-8,19-20H,1-2H3. The van der Waals surface area contributed by atoms with Crippen LogP contribution in [-0.4, -0.2) is 16.8 Å². The van der Waals surface area contributed by atoms with Gasteiger partial charge in [-0.05, 0) is 82.6 Å². The molecule has 2 heterocycles. The molecule has 2 aromatic heterocycles. The maximum absolute atomic E-state index is 12.8. The van der Waals surface area contributed by atoms with E-state index < -0.39 is 20.0 Å². The van der Waals surface area contributed by atoms with Crippen LogP contribution in [0.3, 0.4) is 0 Å². The Balaban J connectivity index is 2.04. The van der Waals surface area contributed by atoms with Crippen LogP contribution in [0.2, 0.25) is 0 Å². The lowest BCUT2D eigenvalue weighted by Crippen LogP contribution is -2.17. The van der Waals surface area contributed by atoms with Crippen LogP contribution in [0, 0.1) is 21.0 Å². The van der Waals surface area contributed by atoms with Crippen LogP contribution in [0.1, 0.15) is 11.5 Å². The molecule has 0 aliphatic heterocycles. The van der Waals surface area contributed by atoms with Gasteiger partial charge in [0.05, 0.1) is 11.4 Å². The SMILES string of the molecule is Cc1cc(S(=O)(=O)Nc2cc(I)c(I)cc2NS(=O)(=O)c2cccs2)c(C)o1. The first-order valence-electron chi connectivity index (χ1n) is 7.65. The summed E-state index contributed by atoms with van der Waals surface area (Å²) in [7, 11) is -7.80. The molecule has 7 nitrogen and oxygen atoms in total. The number of benzene rings is 1. The van der Waals surface area contributed by atoms with Crippen molar-refractivity contribution in [3.8, 4) is 0 Å². The van der Waals surface area contributed by atoms with Crippen LogP contribution in [-0.2, 0) is 20.0 Å². The largest absolute Gasteiger partial charge is 0.465 e. The molecule has 12 heteroatoms. The van der Waals surface area contributed by atoms with E-state index >= 15 is 0 Å². The normalized spacial score (nSPS) is 12.1. The van der Waals surface area contributed by atoms with E-state index in [0.29, 0.717) is 5.76 Å². The molecule has 3 aromatic rings. The summed E-state index contributed by atoms with van der Waals surface area (Å²) in [6.45, 7) is 3.21. The maximum atomic E-state index is 12.8. The van der Waals surface area contributed by atoms with Crippen LogP contribution in [0.25, 0.3) is 0 Å². The van der Waals surface area contributed by atoms with Crippen molar-refractivity contribution in [1.82, 2.24) is 0 Å². The number of aryl methyl sites for hydroxylation is 2. The van der Waals surface area contributed by atoms with Gasteiger partial charge in [0.1, 0.15) is 20.6 Å². The lowest BCUT2D eigenvalue weighted by molar-refractivity contribution is 0.496. The third kappa shape index (κ3) is 4.66. The lowest BCUT2D eigenvalue weighted by Gasteiger charge is -2.15. The van der Waals surface area contributed by atoms with Gasteiger partial charge >= 0.3 is 0 Å². The number of halogens is 2. The van der Waals surface area contributed by atoms with Gasteiger partial charge in [0.2, 0.25) is 0 Å². The van der Waals surface area contributed by atoms with Crippen molar-refractivity contribution in [3.63, 3.8) is 0 Å². The van der Waals surface area contributed by atoms with Crippen molar-refractivity contribution in [3.05, 3.63) is 54.4 Å². The topological polar surface area (TPSA) is 105 Å². The molecule has 2 N–H and O–H groups in total. The highest BCUT2D eigenvalue weighted by atomic mass is 127. The molecule has 0 bridgehead atoms. The summed E-state index contributed by atoms with van der Waals surface area (Å²) in [5.41, 5.74) is 0.267. The molecule has 0 unspecified atom stereocenters. The Morgan fingerprint density at radius 3 is 1.96 bits per heavy atom. The minimum Gasteiger partial charge on any atom is -0.465 e. The van der Waals surface area contributed by atoms with E-state index in [1.165, 1.54) is 12.1 Å². The summed E-state index contributed by atoms with van der Waals surface area (Å²) >= 11 is 5.18. The van der Waals surface area contributed by atoms with Crippen molar-refractivity contribution in [2.75, 3.05) is 9.44 Å². The van der Waals surface area contributed by atoms with E-state index in [-0.39, 0.29) is 26.2 Å². The van der Waals surface area contributed by atoms with Crippen molar-refractivity contribution < 1.29 is 21.3 Å². The van der Waals surface area contributed by atoms with Gasteiger partial charge in [-0.25, -0.2) is 16.8 Å². The molecule has 28 heavy (non-hydrogen) atoms. The van der Waals surface area contributed by atoms with Gasteiger partial charge in [-0.1, -0.05) is 6.07 Å². The molecule has 3 rings (SSSR count). The van der Waals surface area contributed by atoms with Crippen molar-refractivity contribution in [2.45, 2.75) is 23.0 Å².